The minimum atomic E-state index is -4.60. The molecule has 0 aliphatic rings. The predicted octanol–water partition coefficient (Wildman–Crippen LogP) is 1.14. The average molecular weight is 249 g/mol. The quantitative estimate of drug-likeness (QED) is 0.871. The zero-order valence-electron chi connectivity index (χ0n) is 9.08. The molecule has 0 fully saturated rings. The molecule has 0 aliphatic heterocycles. The number of primary amides is 1. The minimum absolute atomic E-state index is 0.365. The number of amides is 1. The molecule has 0 radical (unpaired) electrons. The van der Waals surface area contributed by atoms with Crippen LogP contribution in [0.4, 0.5) is 13.2 Å². The standard InChI is InChI=1S/C9H10F3N3O2/c1-8(2,7(13)16)17-6-3-5(9(10,11)12)14-4-15-6/h3-4H,1-2H3,(H2,13,16). The Morgan fingerprint density at radius 3 is 2.41 bits per heavy atom. The fraction of sp³-hybridized carbons (Fsp3) is 0.444. The van der Waals surface area contributed by atoms with Gasteiger partial charge < -0.3 is 10.5 Å². The van der Waals surface area contributed by atoms with E-state index in [0.717, 1.165) is 0 Å². The third kappa shape index (κ3) is 3.30. The van der Waals surface area contributed by atoms with Crippen LogP contribution in [0.25, 0.3) is 0 Å². The highest BCUT2D eigenvalue weighted by Gasteiger charge is 2.34. The lowest BCUT2D eigenvalue weighted by Gasteiger charge is -2.21. The number of hydrogen-bond donors (Lipinski definition) is 1. The Morgan fingerprint density at radius 2 is 1.94 bits per heavy atom. The minimum Gasteiger partial charge on any atom is -0.461 e. The SMILES string of the molecule is CC(C)(Oc1cc(C(F)(F)F)ncn1)C(N)=O. The Kier molecular flexibility index (Phi) is 3.25. The van der Waals surface area contributed by atoms with E-state index in [1.54, 1.807) is 0 Å². The molecule has 0 saturated carbocycles. The molecule has 0 saturated heterocycles. The molecule has 5 nitrogen and oxygen atoms in total. The van der Waals surface area contributed by atoms with Crippen molar-refractivity contribution in [3.05, 3.63) is 18.1 Å². The van der Waals surface area contributed by atoms with Gasteiger partial charge in [0, 0.05) is 6.07 Å². The van der Waals surface area contributed by atoms with E-state index in [0.29, 0.717) is 12.4 Å². The number of carbonyl (C=O) groups is 1. The lowest BCUT2D eigenvalue weighted by Crippen LogP contribution is -2.43. The monoisotopic (exact) mass is 249 g/mol. The second-order valence-electron chi connectivity index (χ2n) is 3.72. The number of rotatable bonds is 3. The normalized spacial score (nSPS) is 12.3. The molecule has 8 heteroatoms. The Morgan fingerprint density at radius 1 is 1.35 bits per heavy atom. The molecular formula is C9H10F3N3O2. The third-order valence-electron chi connectivity index (χ3n) is 1.89. The van der Waals surface area contributed by atoms with Gasteiger partial charge in [-0.15, -0.1) is 0 Å². The maximum absolute atomic E-state index is 12.3. The van der Waals surface area contributed by atoms with Gasteiger partial charge in [-0.05, 0) is 13.8 Å². The number of aromatic nitrogens is 2. The number of halogens is 3. The van der Waals surface area contributed by atoms with Crippen molar-refractivity contribution in [3.63, 3.8) is 0 Å². The van der Waals surface area contributed by atoms with Crippen molar-refractivity contribution in [2.45, 2.75) is 25.6 Å². The third-order valence-corrected chi connectivity index (χ3v) is 1.89. The Hall–Kier alpha value is -1.86. The van der Waals surface area contributed by atoms with E-state index in [1.807, 2.05) is 0 Å². The molecule has 2 N–H and O–H groups in total. The smallest absolute Gasteiger partial charge is 0.433 e. The highest BCUT2D eigenvalue weighted by atomic mass is 19.4. The number of nitrogens with two attached hydrogens (primary N) is 1. The number of alkyl halides is 3. The molecule has 1 rings (SSSR count). The molecule has 0 atom stereocenters. The van der Waals surface area contributed by atoms with Crippen LogP contribution in [0.1, 0.15) is 19.5 Å². The number of ether oxygens (including phenoxy) is 1. The first-order valence-electron chi connectivity index (χ1n) is 4.51. The molecule has 1 aromatic heterocycles. The Bertz CT molecular complexity index is 432. The van der Waals surface area contributed by atoms with Crippen LogP contribution in [0.3, 0.4) is 0 Å². The van der Waals surface area contributed by atoms with Crippen molar-refractivity contribution in [1.82, 2.24) is 9.97 Å². The van der Waals surface area contributed by atoms with Crippen LogP contribution in [0.15, 0.2) is 12.4 Å². The van der Waals surface area contributed by atoms with Gasteiger partial charge >= 0.3 is 6.18 Å². The summed E-state index contributed by atoms with van der Waals surface area (Å²) in [4.78, 5) is 17.5. The van der Waals surface area contributed by atoms with Gasteiger partial charge in [0.25, 0.3) is 5.91 Å². The average Bonchev–Trinajstić information content (AvgIpc) is 2.15. The van der Waals surface area contributed by atoms with Crippen molar-refractivity contribution < 1.29 is 22.7 Å². The molecule has 0 unspecified atom stereocenters. The highest BCUT2D eigenvalue weighted by Crippen LogP contribution is 2.29. The van der Waals surface area contributed by atoms with Crippen LogP contribution in [0.2, 0.25) is 0 Å². The van der Waals surface area contributed by atoms with Crippen LogP contribution >= 0.6 is 0 Å². The van der Waals surface area contributed by atoms with Gasteiger partial charge in [-0.1, -0.05) is 0 Å². The lowest BCUT2D eigenvalue weighted by molar-refractivity contribution is -0.141. The first kappa shape index (κ1) is 13.2. The van der Waals surface area contributed by atoms with E-state index in [9.17, 15) is 18.0 Å². The molecule has 0 bridgehead atoms. The molecule has 0 aromatic carbocycles. The van der Waals surface area contributed by atoms with Gasteiger partial charge in [0.05, 0.1) is 0 Å². The number of carbonyl (C=O) groups excluding carboxylic acids is 1. The van der Waals surface area contributed by atoms with Crippen molar-refractivity contribution in [2.75, 3.05) is 0 Å². The van der Waals surface area contributed by atoms with Crippen LogP contribution in [-0.2, 0) is 11.0 Å². The summed E-state index contributed by atoms with van der Waals surface area (Å²) in [6.45, 7) is 2.65. The molecule has 1 aromatic rings. The molecule has 94 valence electrons. The van der Waals surface area contributed by atoms with E-state index < -0.39 is 23.4 Å². The van der Waals surface area contributed by atoms with Crippen molar-refractivity contribution in [3.8, 4) is 5.88 Å². The Balaban J connectivity index is 2.98. The van der Waals surface area contributed by atoms with Crippen molar-refractivity contribution >= 4 is 5.91 Å². The van der Waals surface area contributed by atoms with Gasteiger partial charge in [-0.2, -0.15) is 13.2 Å². The summed E-state index contributed by atoms with van der Waals surface area (Å²) < 4.78 is 41.9. The summed E-state index contributed by atoms with van der Waals surface area (Å²) in [7, 11) is 0. The van der Waals surface area contributed by atoms with Gasteiger partial charge in [-0.3, -0.25) is 4.79 Å². The zero-order valence-corrected chi connectivity index (χ0v) is 9.08. The number of hydrogen-bond acceptors (Lipinski definition) is 4. The summed E-state index contributed by atoms with van der Waals surface area (Å²) in [5, 5.41) is 0. The summed E-state index contributed by atoms with van der Waals surface area (Å²) >= 11 is 0. The van der Waals surface area contributed by atoms with Crippen LogP contribution < -0.4 is 10.5 Å². The molecule has 0 aliphatic carbocycles. The summed E-state index contributed by atoms with van der Waals surface area (Å²) in [6, 6.07) is 0.602. The van der Waals surface area contributed by atoms with Crippen molar-refractivity contribution in [2.24, 2.45) is 5.73 Å². The second-order valence-corrected chi connectivity index (χ2v) is 3.72. The fourth-order valence-corrected chi connectivity index (χ4v) is 0.862. The summed E-state index contributed by atoms with van der Waals surface area (Å²) in [5.74, 6) is -1.18. The van der Waals surface area contributed by atoms with Crippen LogP contribution in [0, 0.1) is 0 Å². The summed E-state index contributed by atoms with van der Waals surface area (Å²) in [6.07, 6.45) is -3.90. The highest BCUT2D eigenvalue weighted by molar-refractivity contribution is 5.82. The van der Waals surface area contributed by atoms with Crippen LogP contribution in [-0.4, -0.2) is 21.5 Å². The van der Waals surface area contributed by atoms with Gasteiger partial charge in [-0.25, -0.2) is 9.97 Å². The molecular weight excluding hydrogens is 239 g/mol. The van der Waals surface area contributed by atoms with E-state index in [2.05, 4.69) is 9.97 Å². The maximum atomic E-state index is 12.3. The van der Waals surface area contributed by atoms with E-state index in [1.165, 1.54) is 13.8 Å². The van der Waals surface area contributed by atoms with Gasteiger partial charge in [0.15, 0.2) is 11.3 Å². The van der Waals surface area contributed by atoms with E-state index in [4.69, 9.17) is 10.5 Å². The van der Waals surface area contributed by atoms with E-state index >= 15 is 0 Å². The lowest BCUT2D eigenvalue weighted by atomic mass is 10.1. The number of nitrogens with zero attached hydrogens (tertiary/aromatic N) is 2. The predicted molar refractivity (Wildman–Crippen MR) is 50.9 cm³/mol. The van der Waals surface area contributed by atoms with Crippen LogP contribution in [0.5, 0.6) is 5.88 Å². The first-order valence-corrected chi connectivity index (χ1v) is 4.51. The maximum Gasteiger partial charge on any atom is 0.433 e. The van der Waals surface area contributed by atoms with Gasteiger partial charge in [0.1, 0.15) is 6.33 Å². The molecule has 1 heterocycles. The second kappa shape index (κ2) is 4.19. The Labute approximate surface area is 94.8 Å². The largest absolute Gasteiger partial charge is 0.461 e. The molecule has 1 amide bonds. The topological polar surface area (TPSA) is 78.1 Å². The zero-order chi connectivity index (χ0) is 13.3. The fourth-order valence-electron chi connectivity index (χ4n) is 0.862. The van der Waals surface area contributed by atoms with E-state index in [-0.39, 0.29) is 5.88 Å². The van der Waals surface area contributed by atoms with Crippen molar-refractivity contribution in [1.29, 1.82) is 0 Å². The summed E-state index contributed by atoms with van der Waals surface area (Å²) in [5.41, 5.74) is 2.41. The molecule has 17 heavy (non-hydrogen) atoms. The molecule has 0 spiro atoms. The van der Waals surface area contributed by atoms with Gasteiger partial charge in [0.2, 0.25) is 5.88 Å². The first-order chi connectivity index (χ1) is 7.63.